The van der Waals surface area contributed by atoms with E-state index in [-0.39, 0.29) is 6.04 Å². The van der Waals surface area contributed by atoms with E-state index < -0.39 is 14.8 Å². The first kappa shape index (κ1) is 8.07. The Morgan fingerprint density at radius 2 is 1.90 bits per heavy atom. The van der Waals surface area contributed by atoms with Gasteiger partial charge in [0.15, 0.2) is 0 Å². The fourth-order valence-corrected chi connectivity index (χ4v) is 2.79. The molecule has 0 aromatic heterocycles. The highest BCUT2D eigenvalue weighted by atomic mass is 28.3. The van der Waals surface area contributed by atoms with Gasteiger partial charge in [-0.1, -0.05) is 6.42 Å². The molecule has 0 radical (unpaired) electrons. The number of hydrogen-bond acceptors (Lipinski definition) is 1. The zero-order valence-electron chi connectivity index (χ0n) is 5.45. The molecule has 1 nitrogen and oxygen atoms in total. The second-order valence-corrected chi connectivity index (χ2v) is 4.94. The third-order valence-corrected chi connectivity index (χ3v) is 3.85. The van der Waals surface area contributed by atoms with Gasteiger partial charge in [-0.15, -0.1) is 0 Å². The molecule has 1 aliphatic rings. The lowest BCUT2D eigenvalue weighted by molar-refractivity contribution is -0.0687. The number of hydrogen-bond donors (Lipinski definition) is 0. The first-order valence-corrected chi connectivity index (χ1v) is 5.15. The SMILES string of the molecule is FC(F)(F)[SiH]1CCCCO1. The van der Waals surface area contributed by atoms with Crippen LogP contribution in [0.15, 0.2) is 0 Å². The van der Waals surface area contributed by atoms with E-state index in [1.54, 1.807) is 0 Å². The minimum absolute atomic E-state index is 0.267. The van der Waals surface area contributed by atoms with E-state index in [4.69, 9.17) is 0 Å². The van der Waals surface area contributed by atoms with Crippen molar-refractivity contribution in [1.29, 1.82) is 0 Å². The molecule has 5 heteroatoms. The molecule has 1 unspecified atom stereocenters. The van der Waals surface area contributed by atoms with Crippen LogP contribution in [-0.4, -0.2) is 21.4 Å². The third-order valence-electron chi connectivity index (χ3n) is 1.54. The van der Waals surface area contributed by atoms with Crippen molar-refractivity contribution in [2.45, 2.75) is 24.7 Å². The van der Waals surface area contributed by atoms with Gasteiger partial charge in [0.2, 0.25) is 0 Å². The van der Waals surface area contributed by atoms with Crippen LogP contribution in [0.2, 0.25) is 6.04 Å². The lowest BCUT2D eigenvalue weighted by Crippen LogP contribution is -2.39. The van der Waals surface area contributed by atoms with Crippen molar-refractivity contribution in [1.82, 2.24) is 0 Å². The summed E-state index contributed by atoms with van der Waals surface area (Å²) in [5.41, 5.74) is 0. The summed E-state index contributed by atoms with van der Waals surface area (Å²) >= 11 is 0. The van der Waals surface area contributed by atoms with E-state index in [1.807, 2.05) is 0 Å². The first-order chi connectivity index (χ1) is 4.61. The third kappa shape index (κ3) is 1.98. The van der Waals surface area contributed by atoms with Crippen LogP contribution in [0.25, 0.3) is 0 Å². The Bertz CT molecular complexity index is 108. The molecule has 0 aliphatic carbocycles. The Balaban J connectivity index is 2.39. The van der Waals surface area contributed by atoms with Crippen LogP contribution in [-0.2, 0) is 4.43 Å². The van der Waals surface area contributed by atoms with Gasteiger partial charge in [-0.3, -0.25) is 0 Å². The van der Waals surface area contributed by atoms with Crippen molar-refractivity contribution in [3.8, 4) is 0 Å². The van der Waals surface area contributed by atoms with E-state index in [9.17, 15) is 13.2 Å². The van der Waals surface area contributed by atoms with Crippen molar-refractivity contribution in [2.24, 2.45) is 0 Å². The molecule has 0 aromatic carbocycles. The van der Waals surface area contributed by atoms with E-state index in [1.165, 1.54) is 0 Å². The molecule has 10 heavy (non-hydrogen) atoms. The Labute approximate surface area is 58.9 Å². The van der Waals surface area contributed by atoms with Gasteiger partial charge >= 0.3 is 5.80 Å². The van der Waals surface area contributed by atoms with Gasteiger partial charge in [0.05, 0.1) is 0 Å². The predicted molar refractivity (Wildman–Crippen MR) is 33.2 cm³/mol. The molecule has 1 heterocycles. The van der Waals surface area contributed by atoms with Crippen LogP contribution in [0, 0.1) is 0 Å². The quantitative estimate of drug-likeness (QED) is 0.502. The summed E-state index contributed by atoms with van der Waals surface area (Å²) in [6.07, 6.45) is 1.48. The Kier molecular flexibility index (Phi) is 2.35. The molecule has 0 saturated carbocycles. The summed E-state index contributed by atoms with van der Waals surface area (Å²) in [6, 6.07) is 0.267. The molecule has 0 amide bonds. The van der Waals surface area contributed by atoms with Crippen LogP contribution in [0.5, 0.6) is 0 Å². The van der Waals surface area contributed by atoms with Crippen LogP contribution in [0.1, 0.15) is 12.8 Å². The average Bonchev–Trinajstić information content (AvgIpc) is 1.88. The Hall–Kier alpha value is -0.0331. The monoisotopic (exact) mass is 170 g/mol. The van der Waals surface area contributed by atoms with Gasteiger partial charge in [-0.25, -0.2) is 0 Å². The van der Waals surface area contributed by atoms with Gasteiger partial charge in [0.1, 0.15) is 0 Å². The fraction of sp³-hybridized carbons (Fsp3) is 1.00. The van der Waals surface area contributed by atoms with E-state index in [2.05, 4.69) is 4.43 Å². The van der Waals surface area contributed by atoms with Crippen molar-refractivity contribution >= 4 is 9.04 Å². The van der Waals surface area contributed by atoms with Crippen LogP contribution in [0.3, 0.4) is 0 Å². The summed E-state index contributed by atoms with van der Waals surface area (Å²) in [7, 11) is -2.81. The second-order valence-electron chi connectivity index (χ2n) is 2.40. The molecule has 1 rings (SSSR count). The van der Waals surface area contributed by atoms with Crippen molar-refractivity contribution < 1.29 is 17.6 Å². The van der Waals surface area contributed by atoms with Crippen molar-refractivity contribution in [3.05, 3.63) is 0 Å². The molecule has 0 N–H and O–H groups in total. The normalized spacial score (nSPS) is 28.5. The maximum Gasteiger partial charge on any atom is 0.385 e. The van der Waals surface area contributed by atoms with Crippen LogP contribution >= 0.6 is 0 Å². The molecule has 1 aliphatic heterocycles. The van der Waals surface area contributed by atoms with E-state index in [0.717, 1.165) is 6.42 Å². The summed E-state index contributed by atoms with van der Waals surface area (Å²) < 4.78 is 40.3. The largest absolute Gasteiger partial charge is 0.410 e. The van der Waals surface area contributed by atoms with Crippen LogP contribution < -0.4 is 0 Å². The van der Waals surface area contributed by atoms with Gasteiger partial charge < -0.3 is 4.43 Å². The number of alkyl halides is 3. The number of halogens is 3. The lowest BCUT2D eigenvalue weighted by Gasteiger charge is -2.22. The summed E-state index contributed by atoms with van der Waals surface area (Å²) in [5, 5.41) is 0. The summed E-state index contributed by atoms with van der Waals surface area (Å²) in [4.78, 5) is 0. The Morgan fingerprint density at radius 3 is 2.20 bits per heavy atom. The predicted octanol–water partition coefficient (Wildman–Crippen LogP) is 1.62. The van der Waals surface area contributed by atoms with E-state index >= 15 is 0 Å². The minimum Gasteiger partial charge on any atom is -0.410 e. The van der Waals surface area contributed by atoms with Gasteiger partial charge in [-0.05, 0) is 12.5 Å². The molecule has 1 atom stereocenters. The molecule has 1 saturated heterocycles. The molecule has 1 fully saturated rings. The van der Waals surface area contributed by atoms with Crippen molar-refractivity contribution in [3.63, 3.8) is 0 Å². The Morgan fingerprint density at radius 1 is 1.20 bits per heavy atom. The van der Waals surface area contributed by atoms with Gasteiger partial charge in [-0.2, -0.15) is 13.2 Å². The zero-order valence-corrected chi connectivity index (χ0v) is 6.60. The number of rotatable bonds is 0. The second kappa shape index (κ2) is 2.92. The maximum atomic E-state index is 11.9. The molecule has 0 bridgehead atoms. The van der Waals surface area contributed by atoms with Crippen LogP contribution in [0.4, 0.5) is 13.2 Å². The molecule has 0 spiro atoms. The molecule has 60 valence electrons. The topological polar surface area (TPSA) is 9.23 Å². The fourth-order valence-electron chi connectivity index (χ4n) is 0.999. The highest BCUT2D eigenvalue weighted by Crippen LogP contribution is 2.26. The summed E-state index contributed by atoms with van der Waals surface area (Å²) in [6.45, 7) is 0.316. The smallest absolute Gasteiger partial charge is 0.385 e. The molecule has 0 aromatic rings. The highest BCUT2D eigenvalue weighted by molar-refractivity contribution is 6.54. The summed E-state index contributed by atoms with van der Waals surface area (Å²) in [5.74, 6) is -4.01. The lowest BCUT2D eigenvalue weighted by atomic mass is 10.4. The molecular weight excluding hydrogens is 161 g/mol. The van der Waals surface area contributed by atoms with Crippen molar-refractivity contribution in [2.75, 3.05) is 6.61 Å². The van der Waals surface area contributed by atoms with Gasteiger partial charge in [0.25, 0.3) is 9.04 Å². The first-order valence-electron chi connectivity index (χ1n) is 3.29. The zero-order chi connectivity index (χ0) is 7.61. The molecular formula is C5H9F3OSi. The standard InChI is InChI=1S/C5H9F3OSi/c6-5(7,8)10-4-2-1-3-9-10/h10H,1-4H2. The highest BCUT2D eigenvalue weighted by Gasteiger charge is 2.43. The maximum absolute atomic E-state index is 11.9. The van der Waals surface area contributed by atoms with E-state index in [0.29, 0.717) is 13.0 Å². The minimum atomic E-state index is -4.01. The average molecular weight is 170 g/mol. The van der Waals surface area contributed by atoms with Gasteiger partial charge in [0, 0.05) is 6.61 Å².